The number of halogens is 1. The number of pyridine rings is 1. The molecule has 0 unspecified atom stereocenters. The first kappa shape index (κ1) is 8.97. The number of aromatic nitrogens is 1. The molecule has 2 heterocycles. The fraction of sp³-hybridized carbons (Fsp3) is 0.222. The van der Waals surface area contributed by atoms with E-state index in [9.17, 15) is 4.79 Å². The second-order valence-electron chi connectivity index (χ2n) is 2.73. The van der Waals surface area contributed by atoms with E-state index in [1.165, 1.54) is 11.3 Å². The molecule has 0 aliphatic carbocycles. The number of aryl methyl sites for hydroxylation is 1. The molecule has 0 spiro atoms. The molecule has 68 valence electrons. The second kappa shape index (κ2) is 3.27. The van der Waals surface area contributed by atoms with E-state index in [0.717, 1.165) is 14.6 Å². The van der Waals surface area contributed by atoms with Crippen LogP contribution in [0.25, 0.3) is 10.1 Å². The van der Waals surface area contributed by atoms with Crippen molar-refractivity contribution in [2.75, 3.05) is 0 Å². The van der Waals surface area contributed by atoms with Crippen LogP contribution in [0.3, 0.4) is 0 Å². The Morgan fingerprint density at radius 1 is 1.62 bits per heavy atom. The first-order chi connectivity index (χ1) is 6.24. The molecule has 0 saturated heterocycles. The van der Waals surface area contributed by atoms with Gasteiger partial charge in [-0.2, -0.15) is 0 Å². The molecule has 0 fully saturated rings. The quantitative estimate of drug-likeness (QED) is 0.770. The maximum Gasteiger partial charge on any atom is 0.268 e. The van der Waals surface area contributed by atoms with Gasteiger partial charge in [0.1, 0.15) is 4.70 Å². The van der Waals surface area contributed by atoms with Crippen LogP contribution in [0.2, 0.25) is 0 Å². The summed E-state index contributed by atoms with van der Waals surface area (Å²) < 4.78 is 3.53. The first-order valence-corrected chi connectivity index (χ1v) is 5.67. The highest BCUT2D eigenvalue weighted by Crippen LogP contribution is 2.24. The predicted octanol–water partition coefficient (Wildman–Crippen LogP) is 2.85. The van der Waals surface area contributed by atoms with Crippen molar-refractivity contribution in [2.45, 2.75) is 13.5 Å². The topological polar surface area (TPSA) is 22.0 Å². The first-order valence-electron chi connectivity index (χ1n) is 4.00. The Bertz CT molecular complexity index is 500. The van der Waals surface area contributed by atoms with Crippen molar-refractivity contribution < 1.29 is 0 Å². The third kappa shape index (κ3) is 1.34. The van der Waals surface area contributed by atoms with Gasteiger partial charge in [-0.1, -0.05) is 0 Å². The van der Waals surface area contributed by atoms with E-state index in [-0.39, 0.29) is 5.56 Å². The van der Waals surface area contributed by atoms with Gasteiger partial charge < -0.3 is 4.57 Å². The third-order valence-electron chi connectivity index (χ3n) is 1.99. The van der Waals surface area contributed by atoms with Crippen molar-refractivity contribution in [3.05, 3.63) is 32.5 Å². The van der Waals surface area contributed by atoms with Crippen LogP contribution >= 0.6 is 27.3 Å². The smallest absolute Gasteiger partial charge is 0.268 e. The fourth-order valence-corrected chi connectivity index (χ4v) is 2.87. The maximum atomic E-state index is 11.7. The molecule has 2 aromatic rings. The fourth-order valence-electron chi connectivity index (χ4n) is 1.29. The lowest BCUT2D eigenvalue weighted by atomic mass is 10.3. The Hall–Kier alpha value is -0.610. The van der Waals surface area contributed by atoms with Crippen molar-refractivity contribution in [2.24, 2.45) is 0 Å². The van der Waals surface area contributed by atoms with Crippen molar-refractivity contribution in [3.8, 4) is 0 Å². The van der Waals surface area contributed by atoms with Gasteiger partial charge in [0.2, 0.25) is 0 Å². The lowest BCUT2D eigenvalue weighted by Crippen LogP contribution is -2.17. The summed E-state index contributed by atoms with van der Waals surface area (Å²) in [5.74, 6) is 0. The molecular weight excluding hydrogens is 250 g/mol. The summed E-state index contributed by atoms with van der Waals surface area (Å²) in [5, 5.41) is 2.95. The van der Waals surface area contributed by atoms with Crippen molar-refractivity contribution in [1.82, 2.24) is 4.57 Å². The highest BCUT2D eigenvalue weighted by Gasteiger charge is 2.06. The molecule has 2 aromatic heterocycles. The lowest BCUT2D eigenvalue weighted by molar-refractivity contribution is 0.733. The van der Waals surface area contributed by atoms with E-state index < -0.39 is 0 Å². The highest BCUT2D eigenvalue weighted by molar-refractivity contribution is 9.10. The molecule has 0 radical (unpaired) electrons. The monoisotopic (exact) mass is 257 g/mol. The normalized spacial score (nSPS) is 10.9. The van der Waals surface area contributed by atoms with E-state index in [2.05, 4.69) is 15.9 Å². The van der Waals surface area contributed by atoms with Crippen LogP contribution in [0, 0.1) is 0 Å². The van der Waals surface area contributed by atoms with Gasteiger partial charge in [-0.25, -0.2) is 0 Å². The maximum absolute atomic E-state index is 11.7. The number of thiophene rings is 1. The average molecular weight is 258 g/mol. The molecule has 0 saturated carbocycles. The third-order valence-corrected chi connectivity index (χ3v) is 3.52. The largest absolute Gasteiger partial charge is 0.313 e. The summed E-state index contributed by atoms with van der Waals surface area (Å²) in [5.41, 5.74) is 0.107. The van der Waals surface area contributed by atoms with Crippen molar-refractivity contribution in [1.29, 1.82) is 0 Å². The minimum absolute atomic E-state index is 0.107. The van der Waals surface area contributed by atoms with Gasteiger partial charge >= 0.3 is 0 Å². The summed E-state index contributed by atoms with van der Waals surface area (Å²) in [6.45, 7) is 2.68. The van der Waals surface area contributed by atoms with E-state index in [4.69, 9.17) is 0 Å². The highest BCUT2D eigenvalue weighted by atomic mass is 79.9. The summed E-state index contributed by atoms with van der Waals surface area (Å²) in [6, 6.07) is 1.96. The zero-order valence-electron chi connectivity index (χ0n) is 7.08. The molecule has 13 heavy (non-hydrogen) atoms. The molecule has 2 nitrogen and oxygen atoms in total. The van der Waals surface area contributed by atoms with Crippen LogP contribution in [0.15, 0.2) is 26.9 Å². The number of rotatable bonds is 1. The van der Waals surface area contributed by atoms with E-state index in [1.807, 2.05) is 24.6 Å². The molecule has 4 heteroatoms. The summed E-state index contributed by atoms with van der Waals surface area (Å²) >= 11 is 4.94. The Balaban J connectivity index is 2.94. The van der Waals surface area contributed by atoms with Gasteiger partial charge in [-0.3, -0.25) is 4.79 Å². The van der Waals surface area contributed by atoms with Crippen molar-refractivity contribution in [3.63, 3.8) is 0 Å². The number of hydrogen-bond donors (Lipinski definition) is 0. The standard InChI is InChI=1S/C9H8BrNOS/c1-2-11-5-7(10)6-3-4-13-8(6)9(11)12/h3-5H,2H2,1H3. The van der Waals surface area contributed by atoms with Gasteiger partial charge in [-0.15, -0.1) is 11.3 Å². The molecule has 0 bridgehead atoms. The molecule has 2 rings (SSSR count). The second-order valence-corrected chi connectivity index (χ2v) is 4.50. The zero-order valence-corrected chi connectivity index (χ0v) is 9.48. The van der Waals surface area contributed by atoms with E-state index >= 15 is 0 Å². The molecule has 0 amide bonds. The van der Waals surface area contributed by atoms with Gasteiger partial charge in [0.15, 0.2) is 0 Å². The minimum atomic E-state index is 0.107. The van der Waals surface area contributed by atoms with Crippen molar-refractivity contribution >= 4 is 37.4 Å². The molecule has 0 aliphatic rings. The molecule has 0 atom stereocenters. The van der Waals surface area contributed by atoms with E-state index in [0.29, 0.717) is 6.54 Å². The van der Waals surface area contributed by atoms with Crippen LogP contribution in [-0.2, 0) is 6.54 Å². The molecule has 0 N–H and O–H groups in total. The average Bonchev–Trinajstić information content (AvgIpc) is 2.60. The lowest BCUT2D eigenvalue weighted by Gasteiger charge is -2.02. The number of hydrogen-bond acceptors (Lipinski definition) is 2. The number of fused-ring (bicyclic) bond motifs is 1. The predicted molar refractivity (Wildman–Crippen MR) is 59.5 cm³/mol. The number of nitrogens with zero attached hydrogens (tertiary/aromatic N) is 1. The SMILES string of the molecule is CCn1cc(Br)c2ccsc2c1=O. The molecule has 0 aromatic carbocycles. The van der Waals surface area contributed by atoms with Gasteiger partial charge in [0.05, 0.1) is 0 Å². The van der Waals surface area contributed by atoms with Crippen LogP contribution < -0.4 is 5.56 Å². The zero-order chi connectivity index (χ0) is 9.42. The Labute approximate surface area is 87.9 Å². The summed E-state index contributed by atoms with van der Waals surface area (Å²) in [7, 11) is 0. The Kier molecular flexibility index (Phi) is 2.26. The van der Waals surface area contributed by atoms with Crippen LogP contribution in [-0.4, -0.2) is 4.57 Å². The minimum Gasteiger partial charge on any atom is -0.313 e. The Morgan fingerprint density at radius 3 is 3.08 bits per heavy atom. The molecular formula is C9H8BrNOS. The van der Waals surface area contributed by atoms with E-state index in [1.54, 1.807) is 4.57 Å². The summed E-state index contributed by atoms with van der Waals surface area (Å²) in [4.78, 5) is 11.7. The van der Waals surface area contributed by atoms with Crippen LogP contribution in [0.5, 0.6) is 0 Å². The van der Waals surface area contributed by atoms with Gasteiger partial charge in [0, 0.05) is 22.6 Å². The van der Waals surface area contributed by atoms with Gasteiger partial charge in [-0.05, 0) is 34.3 Å². The van der Waals surface area contributed by atoms with Crippen LogP contribution in [0.1, 0.15) is 6.92 Å². The van der Waals surface area contributed by atoms with Crippen LogP contribution in [0.4, 0.5) is 0 Å². The van der Waals surface area contributed by atoms with Gasteiger partial charge in [0.25, 0.3) is 5.56 Å². The Morgan fingerprint density at radius 2 is 2.38 bits per heavy atom. The summed E-state index contributed by atoms with van der Waals surface area (Å²) in [6.07, 6.45) is 1.84. The molecule has 0 aliphatic heterocycles.